The molecule has 1 aliphatic rings. The average Bonchev–Trinajstić information content (AvgIpc) is 2.82. The summed E-state index contributed by atoms with van der Waals surface area (Å²) in [6.07, 6.45) is 0. The molecule has 0 radical (unpaired) electrons. The van der Waals surface area contributed by atoms with E-state index in [9.17, 15) is 0 Å². The molecule has 0 N–H and O–H groups in total. The van der Waals surface area contributed by atoms with Gasteiger partial charge in [0.05, 0.1) is 0 Å². The van der Waals surface area contributed by atoms with Gasteiger partial charge in [0.25, 0.3) is 0 Å². The second kappa shape index (κ2) is 4.94. The van der Waals surface area contributed by atoms with E-state index in [0.717, 1.165) is 23.4 Å². The highest BCUT2D eigenvalue weighted by molar-refractivity contribution is 9.08. The van der Waals surface area contributed by atoms with E-state index in [2.05, 4.69) is 51.2 Å². The Kier molecular flexibility index (Phi) is 3.31. The molecule has 0 amide bonds. The lowest BCUT2D eigenvalue weighted by atomic mass is 10.1. The van der Waals surface area contributed by atoms with E-state index < -0.39 is 0 Å². The molecule has 18 heavy (non-hydrogen) atoms. The van der Waals surface area contributed by atoms with Crippen LogP contribution in [0.2, 0.25) is 5.02 Å². The minimum atomic E-state index is 0.796. The fourth-order valence-electron chi connectivity index (χ4n) is 2.47. The Morgan fingerprint density at radius 2 is 1.72 bits per heavy atom. The Balaban J connectivity index is 1.95. The van der Waals surface area contributed by atoms with E-state index in [4.69, 9.17) is 11.6 Å². The number of alkyl halides is 1. The van der Waals surface area contributed by atoms with Gasteiger partial charge >= 0.3 is 0 Å². The highest BCUT2D eigenvalue weighted by Gasteiger charge is 2.20. The molecule has 0 fully saturated rings. The summed E-state index contributed by atoms with van der Waals surface area (Å²) < 4.78 is 0. The summed E-state index contributed by atoms with van der Waals surface area (Å²) >= 11 is 9.59. The molecule has 3 rings (SSSR count). The van der Waals surface area contributed by atoms with Crippen LogP contribution >= 0.6 is 27.5 Å². The van der Waals surface area contributed by atoms with Gasteiger partial charge in [0.1, 0.15) is 0 Å². The van der Waals surface area contributed by atoms with Crippen molar-refractivity contribution in [1.29, 1.82) is 0 Å². The highest BCUT2D eigenvalue weighted by Crippen LogP contribution is 2.32. The van der Waals surface area contributed by atoms with Gasteiger partial charge in [0.2, 0.25) is 0 Å². The second-order valence-corrected chi connectivity index (χ2v) is 5.53. The molecule has 0 saturated heterocycles. The fourth-order valence-corrected chi connectivity index (χ4v) is 3.12. The lowest BCUT2D eigenvalue weighted by Crippen LogP contribution is -2.16. The first kappa shape index (κ1) is 12.1. The van der Waals surface area contributed by atoms with E-state index in [1.807, 2.05) is 12.1 Å². The molecule has 0 aromatic heterocycles. The fraction of sp³-hybridized carbons (Fsp3) is 0.200. The summed E-state index contributed by atoms with van der Waals surface area (Å²) in [4.78, 5) is 2.40. The predicted octanol–water partition coefficient (Wildman–Crippen LogP) is 4.76. The summed E-state index contributed by atoms with van der Waals surface area (Å²) in [6.45, 7) is 1.97. The Morgan fingerprint density at radius 1 is 1.06 bits per heavy atom. The van der Waals surface area contributed by atoms with Crippen LogP contribution in [-0.2, 0) is 18.4 Å². The van der Waals surface area contributed by atoms with Crippen molar-refractivity contribution in [1.82, 2.24) is 0 Å². The Labute approximate surface area is 121 Å². The van der Waals surface area contributed by atoms with Crippen LogP contribution in [0.5, 0.6) is 0 Å². The van der Waals surface area contributed by atoms with Crippen molar-refractivity contribution >= 4 is 33.2 Å². The lowest BCUT2D eigenvalue weighted by Gasteiger charge is -2.21. The minimum absolute atomic E-state index is 0.796. The Morgan fingerprint density at radius 3 is 2.33 bits per heavy atom. The van der Waals surface area contributed by atoms with E-state index >= 15 is 0 Å². The third kappa shape index (κ3) is 2.15. The van der Waals surface area contributed by atoms with Gasteiger partial charge < -0.3 is 4.90 Å². The standard InChI is InChI=1S/C15H13BrClN/c16-8-13-7-14(17)5-6-15(13)18-9-11-3-1-2-4-12(11)10-18/h1-7H,8-10H2. The number of nitrogens with zero attached hydrogens (tertiary/aromatic N) is 1. The topological polar surface area (TPSA) is 3.24 Å². The molecule has 0 unspecified atom stereocenters. The van der Waals surface area contributed by atoms with Crippen LogP contribution in [-0.4, -0.2) is 0 Å². The summed E-state index contributed by atoms with van der Waals surface area (Å²) in [5.41, 5.74) is 5.36. The molecule has 0 bridgehead atoms. The normalized spacial score (nSPS) is 13.8. The maximum atomic E-state index is 6.05. The van der Waals surface area contributed by atoms with Crippen molar-refractivity contribution in [3.8, 4) is 0 Å². The first-order chi connectivity index (χ1) is 8.78. The first-order valence-electron chi connectivity index (χ1n) is 5.94. The molecule has 0 saturated carbocycles. The number of rotatable bonds is 2. The molecular weight excluding hydrogens is 310 g/mol. The molecule has 0 aliphatic carbocycles. The molecule has 0 spiro atoms. The van der Waals surface area contributed by atoms with Gasteiger partial charge in [0.15, 0.2) is 0 Å². The van der Waals surface area contributed by atoms with Gasteiger partial charge in [-0.1, -0.05) is 51.8 Å². The highest BCUT2D eigenvalue weighted by atomic mass is 79.9. The minimum Gasteiger partial charge on any atom is -0.363 e. The molecule has 2 aromatic carbocycles. The van der Waals surface area contributed by atoms with Gasteiger partial charge in [-0.05, 0) is 34.9 Å². The summed E-state index contributed by atoms with van der Waals surface area (Å²) in [5, 5.41) is 1.63. The number of fused-ring (bicyclic) bond motifs is 1. The van der Waals surface area contributed by atoms with Crippen LogP contribution in [0.1, 0.15) is 16.7 Å². The van der Waals surface area contributed by atoms with Crippen LogP contribution in [0.25, 0.3) is 0 Å². The molecule has 3 heteroatoms. The number of halogens is 2. The maximum Gasteiger partial charge on any atom is 0.0436 e. The van der Waals surface area contributed by atoms with E-state index in [0.29, 0.717) is 0 Å². The van der Waals surface area contributed by atoms with Gasteiger partial charge in [-0.15, -0.1) is 0 Å². The van der Waals surface area contributed by atoms with Gasteiger partial charge in [-0.25, -0.2) is 0 Å². The molecule has 2 aromatic rings. The van der Waals surface area contributed by atoms with Crippen molar-refractivity contribution in [3.05, 3.63) is 64.2 Å². The second-order valence-electron chi connectivity index (χ2n) is 4.53. The average molecular weight is 323 g/mol. The Bertz CT molecular complexity index is 557. The smallest absolute Gasteiger partial charge is 0.0436 e. The molecule has 1 nitrogen and oxygen atoms in total. The summed E-state index contributed by atoms with van der Waals surface area (Å²) in [5.74, 6) is 0. The van der Waals surface area contributed by atoms with Crippen LogP contribution in [0, 0.1) is 0 Å². The summed E-state index contributed by atoms with van der Waals surface area (Å²) in [6, 6.07) is 14.7. The number of benzene rings is 2. The van der Waals surface area contributed by atoms with Crippen molar-refractivity contribution < 1.29 is 0 Å². The van der Waals surface area contributed by atoms with Crippen molar-refractivity contribution in [3.63, 3.8) is 0 Å². The third-order valence-corrected chi connectivity index (χ3v) is 4.21. The zero-order valence-corrected chi connectivity index (χ0v) is 12.2. The lowest BCUT2D eigenvalue weighted by molar-refractivity contribution is 0.874. The number of anilines is 1. The quantitative estimate of drug-likeness (QED) is 0.721. The maximum absolute atomic E-state index is 6.05. The zero-order valence-electron chi connectivity index (χ0n) is 9.87. The molecule has 92 valence electrons. The van der Waals surface area contributed by atoms with E-state index in [1.165, 1.54) is 22.4 Å². The van der Waals surface area contributed by atoms with Crippen LogP contribution < -0.4 is 4.90 Å². The van der Waals surface area contributed by atoms with Gasteiger partial charge in [0, 0.05) is 29.1 Å². The van der Waals surface area contributed by atoms with Crippen molar-refractivity contribution in [2.24, 2.45) is 0 Å². The molecule has 1 aliphatic heterocycles. The number of hydrogen-bond acceptors (Lipinski definition) is 1. The summed E-state index contributed by atoms with van der Waals surface area (Å²) in [7, 11) is 0. The molecule has 0 atom stereocenters. The van der Waals surface area contributed by atoms with Crippen LogP contribution in [0.3, 0.4) is 0 Å². The largest absolute Gasteiger partial charge is 0.363 e. The van der Waals surface area contributed by atoms with Gasteiger partial charge in [-0.3, -0.25) is 0 Å². The van der Waals surface area contributed by atoms with E-state index in [-0.39, 0.29) is 0 Å². The van der Waals surface area contributed by atoms with Crippen LogP contribution in [0.15, 0.2) is 42.5 Å². The van der Waals surface area contributed by atoms with Gasteiger partial charge in [-0.2, -0.15) is 0 Å². The van der Waals surface area contributed by atoms with Crippen LogP contribution in [0.4, 0.5) is 5.69 Å². The molecular formula is C15H13BrClN. The third-order valence-electron chi connectivity index (χ3n) is 3.37. The Hall–Kier alpha value is -0.990. The number of hydrogen-bond donors (Lipinski definition) is 0. The van der Waals surface area contributed by atoms with Crippen molar-refractivity contribution in [2.75, 3.05) is 4.90 Å². The zero-order chi connectivity index (χ0) is 12.5. The van der Waals surface area contributed by atoms with Crippen molar-refractivity contribution in [2.45, 2.75) is 18.4 Å². The molecule has 1 heterocycles. The SMILES string of the molecule is Clc1ccc(N2Cc3ccccc3C2)c(CBr)c1. The monoisotopic (exact) mass is 321 g/mol. The first-order valence-corrected chi connectivity index (χ1v) is 7.44. The van der Waals surface area contributed by atoms with E-state index in [1.54, 1.807) is 0 Å². The predicted molar refractivity (Wildman–Crippen MR) is 80.4 cm³/mol.